The third-order valence-electron chi connectivity index (χ3n) is 1.92. The van der Waals surface area contributed by atoms with E-state index in [0.717, 1.165) is 0 Å². The van der Waals surface area contributed by atoms with Gasteiger partial charge < -0.3 is 11.1 Å². The van der Waals surface area contributed by atoms with Crippen molar-refractivity contribution in [3.05, 3.63) is 36.7 Å². The summed E-state index contributed by atoms with van der Waals surface area (Å²) in [7, 11) is 0. The predicted molar refractivity (Wildman–Crippen MR) is 61.7 cm³/mol. The topological polar surface area (TPSA) is 68.8 Å². The smallest absolute Gasteiger partial charge is 0.168 e. The molecule has 1 heterocycles. The van der Waals surface area contributed by atoms with E-state index in [4.69, 9.17) is 5.73 Å². The zero-order valence-corrected chi connectivity index (χ0v) is 8.91. The molecule has 0 radical (unpaired) electrons. The van der Waals surface area contributed by atoms with E-state index in [0.29, 0.717) is 5.69 Å². The maximum Gasteiger partial charge on any atom is 0.168 e. The van der Waals surface area contributed by atoms with Gasteiger partial charge >= 0.3 is 0 Å². The number of hydrogen-bond donors (Lipinski definition) is 2. The number of benzene rings is 1. The van der Waals surface area contributed by atoms with Gasteiger partial charge in [-0.15, -0.1) is 10.2 Å². The number of rotatable bonds is 2. The molecule has 0 saturated heterocycles. The van der Waals surface area contributed by atoms with Crippen molar-refractivity contribution >= 4 is 23.0 Å². The Morgan fingerprint density at radius 1 is 1.38 bits per heavy atom. The molecule has 0 saturated carbocycles. The van der Waals surface area contributed by atoms with Crippen molar-refractivity contribution in [1.29, 1.82) is 0 Å². The largest absolute Gasteiger partial charge is 0.376 e. The van der Waals surface area contributed by atoms with Crippen molar-refractivity contribution in [2.24, 2.45) is 5.73 Å². The van der Waals surface area contributed by atoms with Crippen molar-refractivity contribution in [1.82, 2.24) is 14.8 Å². The molecule has 5 nitrogen and oxygen atoms in total. The SMILES string of the molecule is NC(=S)Nc1cc(-n2cnnc2)ccc1F. The molecule has 0 aliphatic rings. The zero-order valence-electron chi connectivity index (χ0n) is 8.09. The first-order valence-electron chi connectivity index (χ1n) is 4.38. The quantitative estimate of drug-likeness (QED) is 0.764. The number of thiocarbonyl (C=S) groups is 1. The lowest BCUT2D eigenvalue weighted by molar-refractivity contribution is 0.632. The third-order valence-corrected chi connectivity index (χ3v) is 2.03. The van der Waals surface area contributed by atoms with E-state index in [2.05, 4.69) is 27.7 Å². The highest BCUT2D eigenvalue weighted by molar-refractivity contribution is 7.80. The van der Waals surface area contributed by atoms with Gasteiger partial charge in [0.15, 0.2) is 5.11 Å². The van der Waals surface area contributed by atoms with Gasteiger partial charge in [-0.2, -0.15) is 0 Å². The highest BCUT2D eigenvalue weighted by Gasteiger charge is 2.05. The minimum atomic E-state index is -0.426. The highest BCUT2D eigenvalue weighted by atomic mass is 32.1. The van der Waals surface area contributed by atoms with E-state index in [1.807, 2.05) is 0 Å². The maximum absolute atomic E-state index is 13.4. The monoisotopic (exact) mass is 237 g/mol. The molecule has 82 valence electrons. The van der Waals surface area contributed by atoms with Crippen LogP contribution in [0.15, 0.2) is 30.9 Å². The molecule has 0 aliphatic carbocycles. The molecule has 1 aromatic heterocycles. The van der Waals surface area contributed by atoms with Gasteiger partial charge in [0.2, 0.25) is 0 Å². The standard InChI is InChI=1S/C9H8FN5S/c10-7-2-1-6(15-4-12-13-5-15)3-8(7)14-9(11)16/h1-5H,(H3,11,14,16). The Morgan fingerprint density at radius 2 is 2.06 bits per heavy atom. The van der Waals surface area contributed by atoms with Crippen LogP contribution in [-0.2, 0) is 0 Å². The Morgan fingerprint density at radius 3 is 2.69 bits per heavy atom. The van der Waals surface area contributed by atoms with Crippen LogP contribution < -0.4 is 11.1 Å². The molecular formula is C9H8FN5S. The molecule has 2 aromatic rings. The average molecular weight is 237 g/mol. The Labute approximate surface area is 96.1 Å². The lowest BCUT2D eigenvalue weighted by atomic mass is 10.2. The normalized spacial score (nSPS) is 10.1. The number of anilines is 1. The van der Waals surface area contributed by atoms with Crippen LogP contribution in [0.2, 0.25) is 0 Å². The van der Waals surface area contributed by atoms with Gasteiger partial charge in [-0.05, 0) is 30.4 Å². The molecule has 0 spiro atoms. The second-order valence-corrected chi connectivity index (χ2v) is 3.46. The molecule has 2 rings (SSSR count). The summed E-state index contributed by atoms with van der Waals surface area (Å²) in [5.74, 6) is -0.426. The number of hydrogen-bond acceptors (Lipinski definition) is 3. The summed E-state index contributed by atoms with van der Waals surface area (Å²) in [4.78, 5) is 0. The van der Waals surface area contributed by atoms with Gasteiger partial charge in [0.25, 0.3) is 0 Å². The summed E-state index contributed by atoms with van der Waals surface area (Å²) in [5.41, 5.74) is 6.22. The summed E-state index contributed by atoms with van der Waals surface area (Å²) < 4.78 is 15.0. The van der Waals surface area contributed by atoms with Crippen LogP contribution in [0.1, 0.15) is 0 Å². The molecule has 3 N–H and O–H groups in total. The van der Waals surface area contributed by atoms with E-state index >= 15 is 0 Å². The van der Waals surface area contributed by atoms with Crippen LogP contribution in [0, 0.1) is 5.82 Å². The molecule has 0 unspecified atom stereocenters. The Bertz CT molecular complexity index is 511. The summed E-state index contributed by atoms with van der Waals surface area (Å²) in [6.07, 6.45) is 3.02. The molecule has 1 aromatic carbocycles. The first-order chi connectivity index (χ1) is 7.66. The van der Waals surface area contributed by atoms with Crippen LogP contribution >= 0.6 is 12.2 Å². The Balaban J connectivity index is 2.39. The zero-order chi connectivity index (χ0) is 11.5. The van der Waals surface area contributed by atoms with Gasteiger partial charge in [0.1, 0.15) is 18.5 Å². The minimum Gasteiger partial charge on any atom is -0.376 e. The first kappa shape index (κ1) is 10.5. The molecule has 0 aliphatic heterocycles. The lowest BCUT2D eigenvalue weighted by Gasteiger charge is -2.08. The molecule has 7 heteroatoms. The van der Waals surface area contributed by atoms with Gasteiger partial charge in [0.05, 0.1) is 11.4 Å². The molecule has 0 fully saturated rings. The Kier molecular flexibility index (Phi) is 2.78. The second-order valence-electron chi connectivity index (χ2n) is 3.02. The molecule has 0 bridgehead atoms. The predicted octanol–water partition coefficient (Wildman–Crippen LogP) is 1.06. The number of aromatic nitrogens is 3. The number of nitrogens with zero attached hydrogens (tertiary/aromatic N) is 3. The number of halogens is 1. The minimum absolute atomic E-state index is 0.0137. The van der Waals surface area contributed by atoms with Crippen LogP contribution in [-0.4, -0.2) is 19.9 Å². The van der Waals surface area contributed by atoms with E-state index in [1.54, 1.807) is 16.7 Å². The maximum atomic E-state index is 13.4. The van der Waals surface area contributed by atoms with Gasteiger partial charge in [-0.3, -0.25) is 4.57 Å². The highest BCUT2D eigenvalue weighted by Crippen LogP contribution is 2.18. The second kappa shape index (κ2) is 4.23. The Hall–Kier alpha value is -2.02. The summed E-state index contributed by atoms with van der Waals surface area (Å²) in [6.45, 7) is 0. The van der Waals surface area contributed by atoms with Gasteiger partial charge in [-0.25, -0.2) is 4.39 Å². The fourth-order valence-electron chi connectivity index (χ4n) is 1.24. The summed E-state index contributed by atoms with van der Waals surface area (Å²) >= 11 is 4.65. The van der Waals surface area contributed by atoms with Crippen molar-refractivity contribution in [2.75, 3.05) is 5.32 Å². The molecule has 0 amide bonds. The van der Waals surface area contributed by atoms with Crippen LogP contribution in [0.5, 0.6) is 0 Å². The fraction of sp³-hybridized carbons (Fsp3) is 0. The van der Waals surface area contributed by atoms with E-state index in [1.165, 1.54) is 18.7 Å². The fourth-order valence-corrected chi connectivity index (χ4v) is 1.35. The van der Waals surface area contributed by atoms with Crippen LogP contribution in [0.4, 0.5) is 10.1 Å². The van der Waals surface area contributed by atoms with Gasteiger partial charge in [0, 0.05) is 0 Å². The number of nitrogens with one attached hydrogen (secondary N) is 1. The summed E-state index contributed by atoms with van der Waals surface area (Å²) in [6, 6.07) is 4.48. The summed E-state index contributed by atoms with van der Waals surface area (Å²) in [5, 5.41) is 9.89. The molecule has 16 heavy (non-hydrogen) atoms. The third kappa shape index (κ3) is 2.14. The molecule has 0 atom stereocenters. The first-order valence-corrected chi connectivity index (χ1v) is 4.78. The van der Waals surface area contributed by atoms with E-state index in [9.17, 15) is 4.39 Å². The van der Waals surface area contributed by atoms with Crippen LogP contribution in [0.25, 0.3) is 5.69 Å². The van der Waals surface area contributed by atoms with Crippen molar-refractivity contribution < 1.29 is 4.39 Å². The van der Waals surface area contributed by atoms with Crippen molar-refractivity contribution in [2.45, 2.75) is 0 Å². The van der Waals surface area contributed by atoms with E-state index in [-0.39, 0.29) is 10.8 Å². The van der Waals surface area contributed by atoms with E-state index < -0.39 is 5.82 Å². The van der Waals surface area contributed by atoms with Crippen LogP contribution in [0.3, 0.4) is 0 Å². The average Bonchev–Trinajstić information content (AvgIpc) is 2.73. The molecular weight excluding hydrogens is 229 g/mol. The lowest BCUT2D eigenvalue weighted by Crippen LogP contribution is -2.19. The number of nitrogens with two attached hydrogens (primary N) is 1. The van der Waals surface area contributed by atoms with Crippen molar-refractivity contribution in [3.8, 4) is 5.69 Å². The van der Waals surface area contributed by atoms with Crippen molar-refractivity contribution in [3.63, 3.8) is 0 Å². The van der Waals surface area contributed by atoms with Gasteiger partial charge in [-0.1, -0.05) is 0 Å².